The lowest BCUT2D eigenvalue weighted by atomic mass is 10.1. The molecule has 0 aromatic carbocycles. The molecule has 0 aromatic rings. The fraction of sp³-hybridized carbons (Fsp3) is 1.00. The molecule has 2 aliphatic rings. The van der Waals surface area contributed by atoms with Crippen molar-refractivity contribution < 1.29 is 17.9 Å². The topological polar surface area (TPSA) is 62.3 Å². The Hall–Kier alpha value is -0.250. The zero-order chi connectivity index (χ0) is 16.2. The highest BCUT2D eigenvalue weighted by Gasteiger charge is 2.36. The van der Waals surface area contributed by atoms with E-state index in [1.54, 1.807) is 22.8 Å². The number of ether oxygens (including phenoxy) is 2. The summed E-state index contributed by atoms with van der Waals surface area (Å²) in [6.45, 7) is 5.82. The Balaban J connectivity index is 1.90. The van der Waals surface area contributed by atoms with Crippen molar-refractivity contribution in [3.63, 3.8) is 0 Å². The highest BCUT2D eigenvalue weighted by Crippen LogP contribution is 2.23. The van der Waals surface area contributed by atoms with E-state index < -0.39 is 10.2 Å². The molecule has 0 radical (unpaired) electrons. The Morgan fingerprint density at radius 1 is 1.05 bits per heavy atom. The third-order valence-electron chi connectivity index (χ3n) is 4.63. The van der Waals surface area contributed by atoms with Crippen LogP contribution in [0.25, 0.3) is 0 Å². The van der Waals surface area contributed by atoms with Crippen LogP contribution in [0, 0.1) is 0 Å². The Morgan fingerprint density at radius 3 is 2.23 bits per heavy atom. The van der Waals surface area contributed by atoms with Gasteiger partial charge >= 0.3 is 0 Å². The third-order valence-corrected chi connectivity index (χ3v) is 6.78. The Morgan fingerprint density at radius 2 is 1.68 bits per heavy atom. The number of piperazine rings is 1. The van der Waals surface area contributed by atoms with Crippen LogP contribution < -0.4 is 0 Å². The molecular weight excluding hydrogens is 306 g/mol. The normalized spacial score (nSPS) is 26.6. The molecule has 22 heavy (non-hydrogen) atoms. The summed E-state index contributed by atoms with van der Waals surface area (Å²) in [5, 5.41) is 0. The maximum atomic E-state index is 12.8. The lowest BCUT2D eigenvalue weighted by Gasteiger charge is -2.40. The van der Waals surface area contributed by atoms with Crippen molar-refractivity contribution >= 4 is 10.2 Å². The van der Waals surface area contributed by atoms with Crippen LogP contribution in [0.15, 0.2) is 0 Å². The van der Waals surface area contributed by atoms with Crippen molar-refractivity contribution in [3.05, 3.63) is 0 Å². The standard InChI is InChI=1S/C14H29N3O4S/c1-13-6-4-5-7-17(13)22(18,19)16-10-8-15(9-11-16)12-14(20-2)21-3/h13-14H,4-12H2,1-3H3/t13-/m1/s1. The van der Waals surface area contributed by atoms with Crippen LogP contribution in [0.3, 0.4) is 0 Å². The summed E-state index contributed by atoms with van der Waals surface area (Å²) in [5.74, 6) is 0. The van der Waals surface area contributed by atoms with Crippen LogP contribution in [0.1, 0.15) is 26.2 Å². The van der Waals surface area contributed by atoms with Crippen molar-refractivity contribution in [3.8, 4) is 0 Å². The number of piperidine rings is 1. The first-order valence-electron chi connectivity index (χ1n) is 8.04. The molecule has 2 rings (SSSR count). The van der Waals surface area contributed by atoms with Gasteiger partial charge in [0.05, 0.1) is 0 Å². The van der Waals surface area contributed by atoms with E-state index in [1.807, 2.05) is 6.92 Å². The van der Waals surface area contributed by atoms with Crippen LogP contribution in [-0.2, 0) is 19.7 Å². The van der Waals surface area contributed by atoms with Crippen LogP contribution in [-0.4, -0.2) is 87.7 Å². The maximum Gasteiger partial charge on any atom is 0.282 e. The molecule has 8 heteroatoms. The molecule has 0 saturated carbocycles. The average Bonchev–Trinajstić information content (AvgIpc) is 2.53. The molecular formula is C14H29N3O4S. The summed E-state index contributed by atoms with van der Waals surface area (Å²) >= 11 is 0. The van der Waals surface area contributed by atoms with Crippen molar-refractivity contribution in [1.82, 2.24) is 13.5 Å². The molecule has 0 spiro atoms. The fourth-order valence-electron chi connectivity index (χ4n) is 3.16. The minimum Gasteiger partial charge on any atom is -0.355 e. The number of rotatable bonds is 6. The number of hydrogen-bond acceptors (Lipinski definition) is 5. The van der Waals surface area contributed by atoms with E-state index in [9.17, 15) is 8.42 Å². The van der Waals surface area contributed by atoms with E-state index in [4.69, 9.17) is 9.47 Å². The summed E-state index contributed by atoms with van der Waals surface area (Å²) in [6, 6.07) is 0.114. The van der Waals surface area contributed by atoms with Gasteiger partial charge in [0.2, 0.25) is 0 Å². The first-order chi connectivity index (χ1) is 10.5. The first-order valence-corrected chi connectivity index (χ1v) is 9.43. The van der Waals surface area contributed by atoms with Crippen molar-refractivity contribution in [2.24, 2.45) is 0 Å². The van der Waals surface area contributed by atoms with Gasteiger partial charge in [0.25, 0.3) is 10.2 Å². The monoisotopic (exact) mass is 335 g/mol. The minimum atomic E-state index is -3.32. The fourth-order valence-corrected chi connectivity index (χ4v) is 5.00. The van der Waals surface area contributed by atoms with Gasteiger partial charge in [0.1, 0.15) is 0 Å². The van der Waals surface area contributed by atoms with E-state index in [-0.39, 0.29) is 12.3 Å². The molecule has 2 aliphatic heterocycles. The summed E-state index contributed by atoms with van der Waals surface area (Å²) < 4.78 is 39.3. The highest BCUT2D eigenvalue weighted by atomic mass is 32.2. The molecule has 0 amide bonds. The highest BCUT2D eigenvalue weighted by molar-refractivity contribution is 7.86. The van der Waals surface area contributed by atoms with E-state index in [1.165, 1.54) is 0 Å². The molecule has 0 unspecified atom stereocenters. The van der Waals surface area contributed by atoms with Gasteiger partial charge < -0.3 is 9.47 Å². The molecule has 0 bridgehead atoms. The van der Waals surface area contributed by atoms with Gasteiger partial charge in [-0.05, 0) is 19.8 Å². The Kier molecular flexibility index (Phi) is 6.60. The minimum absolute atomic E-state index is 0.114. The third kappa shape index (κ3) is 4.18. The molecule has 0 N–H and O–H groups in total. The van der Waals surface area contributed by atoms with Crippen molar-refractivity contribution in [1.29, 1.82) is 0 Å². The van der Waals surface area contributed by atoms with Crippen LogP contribution in [0.4, 0.5) is 0 Å². The lowest BCUT2D eigenvalue weighted by molar-refractivity contribution is -0.118. The molecule has 2 saturated heterocycles. The second-order valence-corrected chi connectivity index (χ2v) is 7.94. The predicted molar refractivity (Wildman–Crippen MR) is 84.8 cm³/mol. The largest absolute Gasteiger partial charge is 0.355 e. The zero-order valence-corrected chi connectivity index (χ0v) is 14.7. The molecule has 7 nitrogen and oxygen atoms in total. The van der Waals surface area contributed by atoms with Crippen LogP contribution >= 0.6 is 0 Å². The van der Waals surface area contributed by atoms with E-state index in [0.29, 0.717) is 39.3 Å². The zero-order valence-electron chi connectivity index (χ0n) is 13.9. The number of hydrogen-bond donors (Lipinski definition) is 0. The van der Waals surface area contributed by atoms with Gasteiger partial charge in [-0.2, -0.15) is 17.0 Å². The van der Waals surface area contributed by atoms with E-state index >= 15 is 0 Å². The van der Waals surface area contributed by atoms with Crippen molar-refractivity contribution in [2.45, 2.75) is 38.5 Å². The predicted octanol–water partition coefficient (Wildman–Crippen LogP) is 0.342. The SMILES string of the molecule is COC(CN1CCN(S(=O)(=O)N2CCCC[C@H]2C)CC1)OC. The molecule has 0 aliphatic carbocycles. The lowest BCUT2D eigenvalue weighted by Crippen LogP contribution is -2.56. The summed E-state index contributed by atoms with van der Waals surface area (Å²) in [5.41, 5.74) is 0. The molecule has 1 atom stereocenters. The van der Waals surface area contributed by atoms with Gasteiger partial charge in [0.15, 0.2) is 6.29 Å². The second kappa shape index (κ2) is 8.03. The molecule has 2 fully saturated rings. The molecule has 130 valence electrons. The Bertz CT molecular complexity index is 433. The molecule has 2 heterocycles. The number of methoxy groups -OCH3 is 2. The van der Waals surface area contributed by atoms with E-state index in [2.05, 4.69) is 4.90 Å². The summed E-state index contributed by atoms with van der Waals surface area (Å²) in [4.78, 5) is 2.18. The first kappa shape index (κ1) is 18.1. The van der Waals surface area contributed by atoms with E-state index in [0.717, 1.165) is 19.3 Å². The summed E-state index contributed by atoms with van der Waals surface area (Å²) in [6.07, 6.45) is 2.79. The number of nitrogens with zero attached hydrogens (tertiary/aromatic N) is 3. The van der Waals surface area contributed by atoms with Crippen molar-refractivity contribution in [2.75, 3.05) is 53.5 Å². The van der Waals surface area contributed by atoms with Gasteiger partial charge in [-0.15, -0.1) is 0 Å². The summed E-state index contributed by atoms with van der Waals surface area (Å²) in [7, 11) is -0.0844. The second-order valence-electron chi connectivity index (χ2n) is 6.06. The smallest absolute Gasteiger partial charge is 0.282 e. The maximum absolute atomic E-state index is 12.8. The van der Waals surface area contributed by atoms with Gasteiger partial charge in [-0.25, -0.2) is 0 Å². The van der Waals surface area contributed by atoms with Crippen LogP contribution in [0.2, 0.25) is 0 Å². The quantitative estimate of drug-likeness (QED) is 0.655. The van der Waals surface area contributed by atoms with Gasteiger partial charge in [-0.3, -0.25) is 4.90 Å². The average molecular weight is 335 g/mol. The van der Waals surface area contributed by atoms with Gasteiger partial charge in [-0.1, -0.05) is 6.42 Å². The molecule has 0 aromatic heterocycles. The Labute approximate surface area is 134 Å². The van der Waals surface area contributed by atoms with Gasteiger partial charge in [0, 0.05) is 59.5 Å². The van der Waals surface area contributed by atoms with Crippen LogP contribution in [0.5, 0.6) is 0 Å².